The Morgan fingerprint density at radius 1 is 1.10 bits per heavy atom. The summed E-state index contributed by atoms with van der Waals surface area (Å²) in [7, 11) is 0. The minimum absolute atomic E-state index is 0. The Bertz CT molecular complexity index is 414. The lowest BCUT2D eigenvalue weighted by Crippen LogP contribution is -2.35. The molecule has 0 saturated carbocycles. The van der Waals surface area contributed by atoms with Crippen molar-refractivity contribution in [1.29, 1.82) is 0 Å². The van der Waals surface area contributed by atoms with Gasteiger partial charge in [0.25, 0.3) is 5.91 Å². The van der Waals surface area contributed by atoms with E-state index in [4.69, 9.17) is 5.73 Å². The summed E-state index contributed by atoms with van der Waals surface area (Å²) in [6.45, 7) is 4.52. The lowest BCUT2D eigenvalue weighted by Gasteiger charge is -2.19. The van der Waals surface area contributed by atoms with Crippen molar-refractivity contribution in [2.75, 3.05) is 26.2 Å². The summed E-state index contributed by atoms with van der Waals surface area (Å²) in [5, 5.41) is 2.99. The van der Waals surface area contributed by atoms with Crippen molar-refractivity contribution in [3.63, 3.8) is 0 Å². The number of rotatable bonds is 5. The molecule has 1 aromatic carbocycles. The highest BCUT2D eigenvalue weighted by atomic mass is 35.5. The van der Waals surface area contributed by atoms with Crippen molar-refractivity contribution in [2.45, 2.75) is 32.2 Å². The highest BCUT2D eigenvalue weighted by Crippen LogP contribution is 2.08. The quantitative estimate of drug-likeness (QED) is 0.876. The average Bonchev–Trinajstić information content (AvgIpc) is 2.76. The first-order valence-corrected chi connectivity index (χ1v) is 7.59. The van der Waals surface area contributed by atoms with E-state index in [-0.39, 0.29) is 18.3 Å². The topological polar surface area (TPSA) is 58.4 Å². The molecule has 0 bridgehead atoms. The molecule has 0 spiro atoms. The molecule has 1 aliphatic rings. The molecule has 5 heteroatoms. The summed E-state index contributed by atoms with van der Waals surface area (Å²) in [6.07, 6.45) is 5.26. The van der Waals surface area contributed by atoms with Gasteiger partial charge in [-0.25, -0.2) is 0 Å². The molecule has 1 heterocycles. The minimum Gasteiger partial charge on any atom is -0.351 e. The lowest BCUT2D eigenvalue weighted by molar-refractivity contribution is 0.0948. The molecule has 118 valence electrons. The lowest BCUT2D eigenvalue weighted by atomic mass is 10.1. The van der Waals surface area contributed by atoms with Gasteiger partial charge >= 0.3 is 0 Å². The number of hydrogen-bond donors (Lipinski definition) is 2. The van der Waals surface area contributed by atoms with E-state index < -0.39 is 0 Å². The van der Waals surface area contributed by atoms with E-state index in [9.17, 15) is 4.79 Å². The minimum atomic E-state index is 0. The van der Waals surface area contributed by atoms with E-state index in [1.54, 1.807) is 0 Å². The number of halogens is 1. The molecule has 1 amide bonds. The summed E-state index contributed by atoms with van der Waals surface area (Å²) in [5.74, 6) is 0.00314. The van der Waals surface area contributed by atoms with Gasteiger partial charge in [0, 0.05) is 25.2 Å². The van der Waals surface area contributed by atoms with E-state index in [1.165, 1.54) is 38.8 Å². The second-order valence-corrected chi connectivity index (χ2v) is 5.41. The molecule has 2 rings (SSSR count). The van der Waals surface area contributed by atoms with Gasteiger partial charge in [0.1, 0.15) is 0 Å². The highest BCUT2D eigenvalue weighted by molar-refractivity contribution is 5.94. The molecule has 1 aromatic rings. The number of carbonyl (C=O) groups excluding carboxylic acids is 1. The van der Waals surface area contributed by atoms with Crippen LogP contribution in [-0.4, -0.2) is 37.0 Å². The van der Waals surface area contributed by atoms with Crippen LogP contribution in [0.1, 0.15) is 41.6 Å². The first kappa shape index (κ1) is 18.0. The molecular weight excluding hydrogens is 286 g/mol. The number of amides is 1. The molecule has 1 aliphatic heterocycles. The molecule has 1 saturated heterocycles. The van der Waals surface area contributed by atoms with Crippen molar-refractivity contribution in [1.82, 2.24) is 10.2 Å². The second kappa shape index (κ2) is 9.77. The van der Waals surface area contributed by atoms with Gasteiger partial charge in [-0.1, -0.05) is 25.0 Å². The highest BCUT2D eigenvalue weighted by Gasteiger charge is 2.09. The van der Waals surface area contributed by atoms with Crippen LogP contribution in [0.3, 0.4) is 0 Å². The fraction of sp³-hybridized carbons (Fsp3) is 0.562. The zero-order valence-electron chi connectivity index (χ0n) is 12.5. The fourth-order valence-electron chi connectivity index (χ4n) is 2.58. The van der Waals surface area contributed by atoms with Crippen LogP contribution in [-0.2, 0) is 6.54 Å². The maximum Gasteiger partial charge on any atom is 0.251 e. The Kier molecular flexibility index (Phi) is 8.35. The van der Waals surface area contributed by atoms with Crippen LogP contribution in [0.4, 0.5) is 0 Å². The maximum absolute atomic E-state index is 12.0. The van der Waals surface area contributed by atoms with Crippen LogP contribution < -0.4 is 11.1 Å². The first-order valence-electron chi connectivity index (χ1n) is 7.59. The van der Waals surface area contributed by atoms with Crippen LogP contribution in [0, 0.1) is 0 Å². The Hall–Kier alpha value is -1.10. The molecule has 4 nitrogen and oxygen atoms in total. The van der Waals surface area contributed by atoms with Crippen LogP contribution in [0.5, 0.6) is 0 Å². The van der Waals surface area contributed by atoms with Crippen molar-refractivity contribution >= 4 is 18.3 Å². The third kappa shape index (κ3) is 6.04. The molecule has 0 atom stereocenters. The van der Waals surface area contributed by atoms with E-state index in [0.29, 0.717) is 12.1 Å². The standard InChI is InChI=1S/C16H25N3O.ClH/c17-13-14-5-7-15(8-6-14)16(20)18-9-12-19-10-3-1-2-4-11-19;/h5-8H,1-4,9-13,17H2,(H,18,20);1H. The zero-order valence-corrected chi connectivity index (χ0v) is 13.3. The Morgan fingerprint density at radius 2 is 1.71 bits per heavy atom. The summed E-state index contributed by atoms with van der Waals surface area (Å²) in [4.78, 5) is 14.4. The number of nitrogens with two attached hydrogens (primary N) is 1. The summed E-state index contributed by atoms with van der Waals surface area (Å²) in [5.41, 5.74) is 7.30. The zero-order chi connectivity index (χ0) is 14.2. The molecule has 21 heavy (non-hydrogen) atoms. The van der Waals surface area contributed by atoms with E-state index in [1.807, 2.05) is 24.3 Å². The van der Waals surface area contributed by atoms with Gasteiger partial charge in [-0.3, -0.25) is 4.79 Å². The predicted octanol–water partition coefficient (Wildman–Crippen LogP) is 2.17. The first-order chi connectivity index (χ1) is 9.79. The van der Waals surface area contributed by atoms with Crippen LogP contribution in [0.15, 0.2) is 24.3 Å². The van der Waals surface area contributed by atoms with Crippen molar-refractivity contribution < 1.29 is 4.79 Å². The fourth-order valence-corrected chi connectivity index (χ4v) is 2.58. The van der Waals surface area contributed by atoms with Gasteiger partial charge < -0.3 is 16.0 Å². The summed E-state index contributed by atoms with van der Waals surface area (Å²) < 4.78 is 0. The SMILES string of the molecule is Cl.NCc1ccc(C(=O)NCCN2CCCCCC2)cc1. The van der Waals surface area contributed by atoms with Crippen LogP contribution in [0.2, 0.25) is 0 Å². The average molecular weight is 312 g/mol. The molecule has 0 radical (unpaired) electrons. The van der Waals surface area contributed by atoms with Gasteiger partial charge in [-0.15, -0.1) is 12.4 Å². The molecule has 0 aliphatic carbocycles. The Balaban J connectivity index is 0.00000220. The molecule has 3 N–H and O–H groups in total. The van der Waals surface area contributed by atoms with Crippen molar-refractivity contribution in [3.8, 4) is 0 Å². The number of carbonyl (C=O) groups is 1. The summed E-state index contributed by atoms with van der Waals surface area (Å²) in [6, 6.07) is 7.49. The molecule has 0 unspecified atom stereocenters. The third-order valence-electron chi connectivity index (χ3n) is 3.86. The number of nitrogens with zero attached hydrogens (tertiary/aromatic N) is 1. The maximum atomic E-state index is 12.0. The smallest absolute Gasteiger partial charge is 0.251 e. The van der Waals surface area contributed by atoms with Gasteiger partial charge in [0.15, 0.2) is 0 Å². The number of hydrogen-bond acceptors (Lipinski definition) is 3. The number of nitrogens with one attached hydrogen (secondary N) is 1. The van der Waals surface area contributed by atoms with Crippen molar-refractivity contribution in [2.24, 2.45) is 5.73 Å². The predicted molar refractivity (Wildman–Crippen MR) is 88.8 cm³/mol. The van der Waals surface area contributed by atoms with Gasteiger partial charge in [-0.2, -0.15) is 0 Å². The van der Waals surface area contributed by atoms with Crippen LogP contribution in [0.25, 0.3) is 0 Å². The molecule has 1 fully saturated rings. The largest absolute Gasteiger partial charge is 0.351 e. The van der Waals surface area contributed by atoms with Gasteiger partial charge in [0.05, 0.1) is 0 Å². The van der Waals surface area contributed by atoms with E-state index in [2.05, 4.69) is 10.2 Å². The third-order valence-corrected chi connectivity index (χ3v) is 3.86. The van der Waals surface area contributed by atoms with Gasteiger partial charge in [0.2, 0.25) is 0 Å². The summed E-state index contributed by atoms with van der Waals surface area (Å²) >= 11 is 0. The van der Waals surface area contributed by atoms with Gasteiger partial charge in [-0.05, 0) is 43.6 Å². The van der Waals surface area contributed by atoms with E-state index in [0.717, 1.165) is 18.7 Å². The normalized spacial score (nSPS) is 15.9. The Morgan fingerprint density at radius 3 is 2.29 bits per heavy atom. The Labute approximate surface area is 133 Å². The number of benzene rings is 1. The van der Waals surface area contributed by atoms with Crippen molar-refractivity contribution in [3.05, 3.63) is 35.4 Å². The molecular formula is C16H26ClN3O. The van der Waals surface area contributed by atoms with Crippen LogP contribution >= 0.6 is 12.4 Å². The monoisotopic (exact) mass is 311 g/mol. The number of likely N-dealkylation sites (tertiary alicyclic amines) is 1. The second-order valence-electron chi connectivity index (χ2n) is 5.41. The molecule has 0 aromatic heterocycles. The van der Waals surface area contributed by atoms with E-state index >= 15 is 0 Å².